The first-order valence-electron chi connectivity index (χ1n) is 2.24. The van der Waals surface area contributed by atoms with Crippen LogP contribution >= 0.6 is 0 Å². The van der Waals surface area contributed by atoms with Crippen LogP contribution in [-0.4, -0.2) is 6.21 Å². The molecular weight excluding hydrogens is 86.1 g/mol. The Morgan fingerprint density at radius 2 is 1.86 bits per heavy atom. The molecule has 0 atom stereocenters. The first kappa shape index (κ1) is 6.15. The summed E-state index contributed by atoms with van der Waals surface area (Å²) >= 11 is 0. The van der Waals surface area contributed by atoms with Gasteiger partial charge in [0.05, 0.1) is 0 Å². The zero-order valence-corrected chi connectivity index (χ0v) is 4.46. The highest BCUT2D eigenvalue weighted by molar-refractivity contribution is 5.65. The molecule has 1 heteroatoms. The van der Waals surface area contributed by atoms with Crippen molar-refractivity contribution in [3.63, 3.8) is 0 Å². The van der Waals surface area contributed by atoms with Crippen molar-refractivity contribution in [3.05, 3.63) is 24.3 Å². The fraction of sp³-hybridized carbons (Fsp3) is 0.167. The molecule has 0 aromatic rings. The summed E-state index contributed by atoms with van der Waals surface area (Å²) in [5.41, 5.74) is 0. The molecule has 0 amide bonds. The van der Waals surface area contributed by atoms with Gasteiger partial charge in [-0.15, -0.1) is 0 Å². The smallest absolute Gasteiger partial charge is 0.160 e. The van der Waals surface area contributed by atoms with Gasteiger partial charge in [-0.1, -0.05) is 18.2 Å². The van der Waals surface area contributed by atoms with Gasteiger partial charge in [-0.25, -0.2) is 0 Å². The standard InChI is InChI=1S/C6H9N/c1-2-3-4-5-6-7/h2-7H,1H3/p+1/b3-2-,5-4-,7-6?. The van der Waals surface area contributed by atoms with Crippen LogP contribution in [0.15, 0.2) is 24.3 Å². The van der Waals surface area contributed by atoms with Crippen LogP contribution in [-0.2, 0) is 0 Å². The quantitative estimate of drug-likeness (QED) is 0.368. The lowest BCUT2D eigenvalue weighted by Crippen LogP contribution is -2.27. The van der Waals surface area contributed by atoms with Gasteiger partial charge in [0, 0.05) is 6.08 Å². The van der Waals surface area contributed by atoms with Gasteiger partial charge in [-0.2, -0.15) is 0 Å². The summed E-state index contributed by atoms with van der Waals surface area (Å²) in [6, 6.07) is 0. The molecule has 0 aliphatic rings. The molecule has 0 aliphatic heterocycles. The van der Waals surface area contributed by atoms with Gasteiger partial charge in [0.15, 0.2) is 6.21 Å². The van der Waals surface area contributed by atoms with Gasteiger partial charge in [0.25, 0.3) is 0 Å². The largest absolute Gasteiger partial charge is 0.260 e. The monoisotopic (exact) mass is 96.1 g/mol. The van der Waals surface area contributed by atoms with Crippen LogP contribution in [0.1, 0.15) is 6.92 Å². The Kier molecular flexibility index (Phi) is 4.52. The van der Waals surface area contributed by atoms with E-state index in [0.29, 0.717) is 0 Å². The minimum atomic E-state index is 1.50. The second-order valence-electron chi connectivity index (χ2n) is 1.10. The first-order valence-corrected chi connectivity index (χ1v) is 2.24. The number of hydrogen-bond donors (Lipinski definition) is 1. The van der Waals surface area contributed by atoms with E-state index in [1.54, 1.807) is 6.08 Å². The Morgan fingerprint density at radius 3 is 2.29 bits per heavy atom. The molecule has 0 fully saturated rings. The highest BCUT2D eigenvalue weighted by Gasteiger charge is 1.57. The molecule has 0 bridgehead atoms. The van der Waals surface area contributed by atoms with E-state index < -0.39 is 0 Å². The Morgan fingerprint density at radius 1 is 1.14 bits per heavy atom. The fourth-order valence-corrected chi connectivity index (χ4v) is 0.239. The highest BCUT2D eigenvalue weighted by Crippen LogP contribution is 1.69. The third-order valence-electron chi connectivity index (χ3n) is 0.526. The van der Waals surface area contributed by atoms with Crippen molar-refractivity contribution >= 4 is 6.21 Å². The normalized spacial score (nSPS) is 11.0. The molecular formula is C6H10N+. The lowest BCUT2D eigenvalue weighted by molar-refractivity contribution is -0.104. The van der Waals surface area contributed by atoms with E-state index in [4.69, 9.17) is 5.41 Å². The highest BCUT2D eigenvalue weighted by atomic mass is 14.3. The SMILES string of the molecule is C/C=C\C=C/C=[NH2+]. The van der Waals surface area contributed by atoms with E-state index in [1.807, 2.05) is 25.2 Å². The Labute approximate surface area is 43.9 Å². The van der Waals surface area contributed by atoms with Crippen molar-refractivity contribution in [1.82, 2.24) is 0 Å². The molecule has 0 spiro atoms. The average Bonchev–Trinajstić information content (AvgIpc) is 1.69. The average molecular weight is 96.2 g/mol. The Hall–Kier alpha value is -0.850. The molecule has 0 saturated carbocycles. The van der Waals surface area contributed by atoms with Crippen LogP contribution in [0.4, 0.5) is 0 Å². The van der Waals surface area contributed by atoms with Crippen LogP contribution in [0.3, 0.4) is 0 Å². The van der Waals surface area contributed by atoms with Crippen LogP contribution in [0.2, 0.25) is 0 Å². The van der Waals surface area contributed by atoms with Crippen molar-refractivity contribution in [2.24, 2.45) is 0 Å². The van der Waals surface area contributed by atoms with Gasteiger partial charge >= 0.3 is 0 Å². The topological polar surface area (TPSA) is 25.6 Å². The predicted octanol–water partition coefficient (Wildman–Crippen LogP) is -0.0514. The van der Waals surface area contributed by atoms with E-state index in [1.165, 1.54) is 6.21 Å². The third kappa shape index (κ3) is 5.15. The summed E-state index contributed by atoms with van der Waals surface area (Å²) in [5.74, 6) is 0. The second-order valence-corrected chi connectivity index (χ2v) is 1.10. The summed E-state index contributed by atoms with van der Waals surface area (Å²) in [6.45, 7) is 1.96. The number of rotatable bonds is 2. The van der Waals surface area contributed by atoms with Gasteiger partial charge < -0.3 is 0 Å². The van der Waals surface area contributed by atoms with Crippen LogP contribution < -0.4 is 5.41 Å². The molecule has 0 radical (unpaired) electrons. The number of nitrogens with two attached hydrogens (primary N) is 1. The van der Waals surface area contributed by atoms with E-state index in [0.717, 1.165) is 0 Å². The second kappa shape index (κ2) is 5.15. The van der Waals surface area contributed by atoms with Crippen molar-refractivity contribution in [1.29, 1.82) is 0 Å². The molecule has 7 heavy (non-hydrogen) atoms. The van der Waals surface area contributed by atoms with Crippen molar-refractivity contribution in [2.75, 3.05) is 0 Å². The van der Waals surface area contributed by atoms with Gasteiger partial charge in [-0.3, -0.25) is 5.41 Å². The number of allylic oxidation sites excluding steroid dienone is 4. The van der Waals surface area contributed by atoms with Gasteiger partial charge in [0.1, 0.15) is 0 Å². The maximum absolute atomic E-state index is 5.02. The fourth-order valence-electron chi connectivity index (χ4n) is 0.239. The molecule has 0 aromatic carbocycles. The van der Waals surface area contributed by atoms with Crippen molar-refractivity contribution in [2.45, 2.75) is 6.92 Å². The maximum atomic E-state index is 5.02. The van der Waals surface area contributed by atoms with Gasteiger partial charge in [0.2, 0.25) is 0 Å². The van der Waals surface area contributed by atoms with Crippen molar-refractivity contribution < 1.29 is 5.41 Å². The summed E-state index contributed by atoms with van der Waals surface area (Å²) in [6.07, 6.45) is 9.02. The minimum Gasteiger partial charge on any atom is -0.260 e. The zero-order valence-electron chi connectivity index (χ0n) is 4.46. The Bertz CT molecular complexity index is 90.4. The van der Waals surface area contributed by atoms with Crippen LogP contribution in [0, 0.1) is 0 Å². The van der Waals surface area contributed by atoms with E-state index in [9.17, 15) is 0 Å². The summed E-state index contributed by atoms with van der Waals surface area (Å²) in [7, 11) is 0. The summed E-state index contributed by atoms with van der Waals surface area (Å²) in [4.78, 5) is 0. The van der Waals surface area contributed by atoms with Gasteiger partial charge in [-0.05, 0) is 6.92 Å². The molecule has 0 aromatic heterocycles. The molecule has 1 nitrogen and oxygen atoms in total. The summed E-state index contributed by atoms with van der Waals surface area (Å²) in [5, 5.41) is 5.02. The molecule has 0 rings (SSSR count). The number of hydrogen-bond acceptors (Lipinski definition) is 0. The molecule has 0 aliphatic carbocycles. The van der Waals surface area contributed by atoms with Crippen LogP contribution in [0.25, 0.3) is 0 Å². The third-order valence-corrected chi connectivity index (χ3v) is 0.526. The molecule has 0 unspecified atom stereocenters. The van der Waals surface area contributed by atoms with Crippen molar-refractivity contribution in [3.8, 4) is 0 Å². The lowest BCUT2D eigenvalue weighted by Gasteiger charge is -1.62. The van der Waals surface area contributed by atoms with Crippen LogP contribution in [0.5, 0.6) is 0 Å². The van der Waals surface area contributed by atoms with E-state index in [-0.39, 0.29) is 0 Å². The first-order chi connectivity index (χ1) is 3.41. The molecule has 38 valence electrons. The predicted molar refractivity (Wildman–Crippen MR) is 31.9 cm³/mol. The van der Waals surface area contributed by atoms with E-state index in [2.05, 4.69) is 0 Å². The summed E-state index contributed by atoms with van der Waals surface area (Å²) < 4.78 is 0. The molecule has 0 saturated heterocycles. The molecule has 0 heterocycles. The zero-order chi connectivity index (χ0) is 5.54. The van der Waals surface area contributed by atoms with E-state index >= 15 is 0 Å². The minimum absolute atomic E-state index is 1.50. The Balaban J connectivity index is 3.27. The maximum Gasteiger partial charge on any atom is 0.160 e. The lowest BCUT2D eigenvalue weighted by atomic mass is 10.4. The molecule has 2 N–H and O–H groups in total.